The van der Waals surface area contributed by atoms with Gasteiger partial charge in [0.15, 0.2) is 5.75 Å². The average molecular weight is 280 g/mol. The first-order valence-corrected chi connectivity index (χ1v) is 6.69. The van der Waals surface area contributed by atoms with E-state index in [-0.39, 0.29) is 5.75 Å². The first-order chi connectivity index (χ1) is 10.2. The molecule has 3 aromatic rings. The highest BCUT2D eigenvalue weighted by atomic mass is 16.5. The van der Waals surface area contributed by atoms with E-state index in [1.807, 2.05) is 61.5 Å². The van der Waals surface area contributed by atoms with E-state index in [9.17, 15) is 5.11 Å². The minimum absolute atomic E-state index is 0.206. The van der Waals surface area contributed by atoms with Crippen LogP contribution >= 0.6 is 0 Å². The van der Waals surface area contributed by atoms with Crippen LogP contribution in [0.5, 0.6) is 11.5 Å². The summed E-state index contributed by atoms with van der Waals surface area (Å²) in [5, 5.41) is 14.9. The Morgan fingerprint density at radius 3 is 2.29 bits per heavy atom. The van der Waals surface area contributed by atoms with Crippen molar-refractivity contribution in [2.75, 3.05) is 7.11 Å². The number of aromatic nitrogens is 2. The fourth-order valence-corrected chi connectivity index (χ4v) is 2.26. The quantitative estimate of drug-likeness (QED) is 0.798. The van der Waals surface area contributed by atoms with Crippen molar-refractivity contribution in [1.29, 1.82) is 0 Å². The third-order valence-electron chi connectivity index (χ3n) is 3.45. The van der Waals surface area contributed by atoms with E-state index in [4.69, 9.17) is 4.74 Å². The van der Waals surface area contributed by atoms with Crippen LogP contribution in [0.15, 0.2) is 54.6 Å². The second-order valence-corrected chi connectivity index (χ2v) is 4.76. The average Bonchev–Trinajstić information content (AvgIpc) is 2.84. The van der Waals surface area contributed by atoms with Crippen LogP contribution < -0.4 is 4.74 Å². The Hall–Kier alpha value is -2.75. The van der Waals surface area contributed by atoms with Crippen LogP contribution in [0.4, 0.5) is 0 Å². The van der Waals surface area contributed by atoms with Crippen LogP contribution in [-0.2, 0) is 0 Å². The highest BCUT2D eigenvalue weighted by Crippen LogP contribution is 2.32. The van der Waals surface area contributed by atoms with Gasteiger partial charge in [0.2, 0.25) is 0 Å². The van der Waals surface area contributed by atoms with Gasteiger partial charge in [-0.3, -0.25) is 0 Å². The molecule has 4 heteroatoms. The Kier molecular flexibility index (Phi) is 3.36. The number of hydrogen-bond acceptors (Lipinski definition) is 3. The van der Waals surface area contributed by atoms with E-state index in [0.29, 0.717) is 11.4 Å². The van der Waals surface area contributed by atoms with Crippen molar-refractivity contribution in [2.24, 2.45) is 0 Å². The zero-order valence-corrected chi connectivity index (χ0v) is 11.9. The number of aromatic hydroxyl groups is 1. The summed E-state index contributed by atoms with van der Waals surface area (Å²) in [6.45, 7) is 1.85. The lowest BCUT2D eigenvalue weighted by atomic mass is 10.1. The molecule has 0 aliphatic carbocycles. The standard InChI is InChI=1S/C17H16N2O2/c1-12-17(20)16(13-6-4-3-5-7-13)18-19(12)14-8-10-15(21-2)11-9-14/h3-11,20H,1-2H3. The molecule has 1 aromatic heterocycles. The maximum Gasteiger partial charge on any atom is 0.165 e. The number of hydrogen-bond donors (Lipinski definition) is 1. The molecule has 1 N–H and O–H groups in total. The molecular formula is C17H16N2O2. The Balaban J connectivity index is 2.08. The van der Waals surface area contributed by atoms with Gasteiger partial charge in [0.05, 0.1) is 18.5 Å². The van der Waals surface area contributed by atoms with Crippen LogP contribution in [0.1, 0.15) is 5.69 Å². The van der Waals surface area contributed by atoms with Crippen molar-refractivity contribution in [1.82, 2.24) is 9.78 Å². The third kappa shape index (κ3) is 2.36. The molecular weight excluding hydrogens is 264 g/mol. The van der Waals surface area contributed by atoms with E-state index in [1.54, 1.807) is 11.8 Å². The normalized spacial score (nSPS) is 10.6. The summed E-state index contributed by atoms with van der Waals surface area (Å²) in [5.41, 5.74) is 3.07. The van der Waals surface area contributed by atoms with Gasteiger partial charge in [-0.1, -0.05) is 30.3 Å². The van der Waals surface area contributed by atoms with Gasteiger partial charge in [0.1, 0.15) is 11.4 Å². The van der Waals surface area contributed by atoms with Crippen LogP contribution in [-0.4, -0.2) is 22.0 Å². The fraction of sp³-hybridized carbons (Fsp3) is 0.118. The van der Waals surface area contributed by atoms with Gasteiger partial charge in [-0.05, 0) is 31.2 Å². The summed E-state index contributed by atoms with van der Waals surface area (Å²) in [5.74, 6) is 0.994. The summed E-state index contributed by atoms with van der Waals surface area (Å²) < 4.78 is 6.89. The second kappa shape index (κ2) is 5.32. The smallest absolute Gasteiger partial charge is 0.165 e. The Labute approximate surface area is 123 Å². The van der Waals surface area contributed by atoms with Gasteiger partial charge in [0.25, 0.3) is 0 Å². The van der Waals surface area contributed by atoms with Crippen LogP contribution in [0.25, 0.3) is 16.9 Å². The topological polar surface area (TPSA) is 47.3 Å². The first-order valence-electron chi connectivity index (χ1n) is 6.69. The molecule has 106 valence electrons. The Morgan fingerprint density at radius 2 is 1.67 bits per heavy atom. The molecule has 0 atom stereocenters. The molecule has 0 fully saturated rings. The van der Waals surface area contributed by atoms with E-state index >= 15 is 0 Å². The summed E-state index contributed by atoms with van der Waals surface area (Å²) in [6.07, 6.45) is 0. The first kappa shape index (κ1) is 13.2. The van der Waals surface area contributed by atoms with E-state index in [1.165, 1.54) is 0 Å². The van der Waals surface area contributed by atoms with Gasteiger partial charge in [-0.15, -0.1) is 0 Å². The number of ether oxygens (including phenoxy) is 1. The highest BCUT2D eigenvalue weighted by molar-refractivity contribution is 5.67. The molecule has 3 rings (SSSR count). The van der Waals surface area contributed by atoms with Crippen LogP contribution in [0.3, 0.4) is 0 Å². The van der Waals surface area contributed by atoms with Crippen molar-refractivity contribution in [3.63, 3.8) is 0 Å². The Morgan fingerprint density at radius 1 is 1.00 bits per heavy atom. The molecule has 1 heterocycles. The van der Waals surface area contributed by atoms with E-state index in [0.717, 1.165) is 17.0 Å². The molecule has 0 saturated carbocycles. The predicted molar refractivity (Wildman–Crippen MR) is 82.0 cm³/mol. The highest BCUT2D eigenvalue weighted by Gasteiger charge is 2.16. The van der Waals surface area contributed by atoms with Gasteiger partial charge in [0, 0.05) is 5.56 Å². The van der Waals surface area contributed by atoms with Crippen molar-refractivity contribution >= 4 is 0 Å². The monoisotopic (exact) mass is 280 g/mol. The number of methoxy groups -OCH3 is 1. The van der Waals surface area contributed by atoms with Crippen molar-refractivity contribution in [3.8, 4) is 28.4 Å². The number of benzene rings is 2. The van der Waals surface area contributed by atoms with Crippen molar-refractivity contribution in [3.05, 3.63) is 60.3 Å². The van der Waals surface area contributed by atoms with E-state index < -0.39 is 0 Å². The summed E-state index contributed by atoms with van der Waals surface area (Å²) in [6, 6.07) is 17.2. The molecule has 0 spiro atoms. The summed E-state index contributed by atoms with van der Waals surface area (Å²) >= 11 is 0. The largest absolute Gasteiger partial charge is 0.504 e. The molecule has 0 saturated heterocycles. The van der Waals surface area contributed by atoms with Gasteiger partial charge in [-0.25, -0.2) is 4.68 Å². The zero-order chi connectivity index (χ0) is 14.8. The lowest BCUT2D eigenvalue weighted by Gasteiger charge is -2.05. The van der Waals surface area contributed by atoms with Gasteiger partial charge < -0.3 is 9.84 Å². The van der Waals surface area contributed by atoms with Crippen LogP contribution in [0, 0.1) is 6.92 Å². The second-order valence-electron chi connectivity index (χ2n) is 4.76. The summed E-state index contributed by atoms with van der Waals surface area (Å²) in [7, 11) is 1.63. The molecule has 0 unspecified atom stereocenters. The molecule has 0 aliphatic rings. The van der Waals surface area contributed by atoms with Gasteiger partial charge in [-0.2, -0.15) is 5.10 Å². The third-order valence-corrected chi connectivity index (χ3v) is 3.45. The summed E-state index contributed by atoms with van der Waals surface area (Å²) in [4.78, 5) is 0. The molecule has 21 heavy (non-hydrogen) atoms. The predicted octanol–water partition coefficient (Wildman–Crippen LogP) is 3.56. The van der Waals surface area contributed by atoms with Crippen molar-refractivity contribution < 1.29 is 9.84 Å². The van der Waals surface area contributed by atoms with Crippen LogP contribution in [0.2, 0.25) is 0 Å². The maximum atomic E-state index is 10.3. The molecule has 2 aromatic carbocycles. The molecule has 4 nitrogen and oxygen atoms in total. The minimum atomic E-state index is 0.206. The Bertz CT molecular complexity index is 746. The lowest BCUT2D eigenvalue weighted by Crippen LogP contribution is -1.98. The number of nitrogens with zero attached hydrogens (tertiary/aromatic N) is 2. The minimum Gasteiger partial charge on any atom is -0.504 e. The van der Waals surface area contributed by atoms with E-state index in [2.05, 4.69) is 5.10 Å². The number of rotatable bonds is 3. The van der Waals surface area contributed by atoms with Gasteiger partial charge >= 0.3 is 0 Å². The SMILES string of the molecule is COc1ccc(-n2nc(-c3ccccc3)c(O)c2C)cc1. The molecule has 0 amide bonds. The fourth-order valence-electron chi connectivity index (χ4n) is 2.26. The van der Waals surface area contributed by atoms with Crippen molar-refractivity contribution in [2.45, 2.75) is 6.92 Å². The molecule has 0 bridgehead atoms. The molecule has 0 aliphatic heterocycles. The zero-order valence-electron chi connectivity index (χ0n) is 11.9. The maximum absolute atomic E-state index is 10.3. The molecule has 0 radical (unpaired) electrons. The lowest BCUT2D eigenvalue weighted by molar-refractivity contribution is 0.414.